The van der Waals surface area contributed by atoms with Crippen molar-refractivity contribution in [3.8, 4) is 11.1 Å². The van der Waals surface area contributed by atoms with Crippen LogP contribution in [-0.2, 0) is 0 Å². The third-order valence-corrected chi connectivity index (χ3v) is 5.52. The molecule has 1 N–H and O–H groups in total. The third kappa shape index (κ3) is 3.63. The van der Waals surface area contributed by atoms with Crippen LogP contribution in [0.4, 0.5) is 0 Å². The van der Waals surface area contributed by atoms with Crippen molar-refractivity contribution < 1.29 is 0 Å². The first-order valence-corrected chi connectivity index (χ1v) is 9.91. The van der Waals surface area contributed by atoms with Gasteiger partial charge in [-0.15, -0.1) is 0 Å². The molecule has 1 aliphatic carbocycles. The van der Waals surface area contributed by atoms with Crippen molar-refractivity contribution in [1.29, 1.82) is 0 Å². The SMILES string of the molecule is c1ccc2c(c1)-c1ccccc1C2NC1=NCCCCCCCCC1. The van der Waals surface area contributed by atoms with E-state index in [0.29, 0.717) is 0 Å². The minimum absolute atomic E-state index is 0.247. The normalized spacial score (nSPS) is 18.6. The van der Waals surface area contributed by atoms with Gasteiger partial charge >= 0.3 is 0 Å². The zero-order chi connectivity index (χ0) is 16.9. The summed E-state index contributed by atoms with van der Waals surface area (Å²) in [6.45, 7) is 0.971. The topological polar surface area (TPSA) is 24.4 Å². The standard InChI is InChI=1S/C23H28N2/c1-2-4-6-16-22(24-17-11-5-3-1)25-23-20-14-9-7-12-18(20)19-13-8-10-15-21(19)23/h7-10,12-15,23H,1-6,11,16-17H2,(H,24,25). The highest BCUT2D eigenvalue weighted by atomic mass is 15.0. The average Bonchev–Trinajstić information content (AvgIpc) is 2.93. The molecule has 0 saturated heterocycles. The van der Waals surface area contributed by atoms with E-state index in [0.717, 1.165) is 13.0 Å². The second kappa shape index (κ2) is 7.86. The van der Waals surface area contributed by atoms with Gasteiger partial charge in [0.2, 0.25) is 0 Å². The van der Waals surface area contributed by atoms with Crippen LogP contribution in [0, 0.1) is 0 Å². The fraction of sp³-hybridized carbons (Fsp3) is 0.435. The molecule has 0 atom stereocenters. The molecule has 2 aromatic carbocycles. The third-order valence-electron chi connectivity index (χ3n) is 5.52. The van der Waals surface area contributed by atoms with E-state index >= 15 is 0 Å². The summed E-state index contributed by atoms with van der Waals surface area (Å²) in [4.78, 5) is 4.94. The highest BCUT2D eigenvalue weighted by Gasteiger charge is 2.28. The molecule has 0 unspecified atom stereocenters. The monoisotopic (exact) mass is 332 g/mol. The van der Waals surface area contributed by atoms with Gasteiger partial charge in [-0.2, -0.15) is 0 Å². The lowest BCUT2D eigenvalue weighted by Crippen LogP contribution is -2.28. The molecule has 0 saturated carbocycles. The quantitative estimate of drug-likeness (QED) is 0.693. The Hall–Kier alpha value is -2.09. The number of nitrogens with one attached hydrogen (secondary N) is 1. The maximum atomic E-state index is 4.94. The van der Waals surface area contributed by atoms with E-state index in [1.54, 1.807) is 0 Å². The second-order valence-corrected chi connectivity index (χ2v) is 7.31. The molecule has 1 heterocycles. The highest BCUT2D eigenvalue weighted by molar-refractivity contribution is 5.86. The molecule has 0 amide bonds. The summed E-state index contributed by atoms with van der Waals surface area (Å²) < 4.78 is 0. The fourth-order valence-electron chi connectivity index (χ4n) is 4.18. The first-order chi connectivity index (χ1) is 12.4. The summed E-state index contributed by atoms with van der Waals surface area (Å²) in [5.41, 5.74) is 5.52. The lowest BCUT2D eigenvalue weighted by atomic mass is 10.0. The Kier molecular flexibility index (Phi) is 5.15. The van der Waals surface area contributed by atoms with Crippen molar-refractivity contribution in [1.82, 2.24) is 5.32 Å². The Morgan fingerprint density at radius 3 is 1.92 bits per heavy atom. The summed E-state index contributed by atoms with van der Waals surface area (Å²) >= 11 is 0. The van der Waals surface area contributed by atoms with Gasteiger partial charge in [-0.3, -0.25) is 4.99 Å². The summed E-state index contributed by atoms with van der Waals surface area (Å²) in [6.07, 6.45) is 10.4. The van der Waals surface area contributed by atoms with Crippen molar-refractivity contribution in [3.05, 3.63) is 59.7 Å². The molecule has 0 fully saturated rings. The maximum Gasteiger partial charge on any atom is 0.0970 e. The van der Waals surface area contributed by atoms with E-state index in [9.17, 15) is 0 Å². The molecule has 25 heavy (non-hydrogen) atoms. The number of amidine groups is 1. The summed E-state index contributed by atoms with van der Waals surface area (Å²) in [5.74, 6) is 1.21. The Balaban J connectivity index is 1.59. The van der Waals surface area contributed by atoms with Crippen LogP contribution < -0.4 is 5.32 Å². The first-order valence-electron chi connectivity index (χ1n) is 9.91. The largest absolute Gasteiger partial charge is 0.363 e. The maximum absolute atomic E-state index is 4.94. The molecular weight excluding hydrogens is 304 g/mol. The van der Waals surface area contributed by atoms with E-state index in [-0.39, 0.29) is 6.04 Å². The second-order valence-electron chi connectivity index (χ2n) is 7.31. The van der Waals surface area contributed by atoms with Crippen LogP contribution in [0.25, 0.3) is 11.1 Å². The predicted molar refractivity (Wildman–Crippen MR) is 106 cm³/mol. The predicted octanol–water partition coefficient (Wildman–Crippen LogP) is 5.88. The molecule has 4 rings (SSSR count). The van der Waals surface area contributed by atoms with Crippen LogP contribution in [0.1, 0.15) is 68.5 Å². The van der Waals surface area contributed by atoms with Gasteiger partial charge < -0.3 is 5.32 Å². The zero-order valence-corrected chi connectivity index (χ0v) is 15.0. The van der Waals surface area contributed by atoms with Gasteiger partial charge in [-0.05, 0) is 35.1 Å². The minimum Gasteiger partial charge on any atom is -0.363 e. The first kappa shape index (κ1) is 16.4. The van der Waals surface area contributed by atoms with Gasteiger partial charge in [0, 0.05) is 13.0 Å². The van der Waals surface area contributed by atoms with Gasteiger partial charge in [0.15, 0.2) is 0 Å². The molecule has 0 aromatic heterocycles. The number of nitrogens with zero attached hydrogens (tertiary/aromatic N) is 1. The number of hydrogen-bond donors (Lipinski definition) is 1. The smallest absolute Gasteiger partial charge is 0.0970 e. The van der Waals surface area contributed by atoms with Crippen molar-refractivity contribution in [3.63, 3.8) is 0 Å². The summed E-state index contributed by atoms with van der Waals surface area (Å²) in [7, 11) is 0. The van der Waals surface area contributed by atoms with Crippen LogP contribution in [0.3, 0.4) is 0 Å². The zero-order valence-electron chi connectivity index (χ0n) is 15.0. The number of hydrogen-bond acceptors (Lipinski definition) is 2. The van der Waals surface area contributed by atoms with Crippen molar-refractivity contribution in [2.75, 3.05) is 6.54 Å². The van der Waals surface area contributed by atoms with Gasteiger partial charge in [0.1, 0.15) is 0 Å². The Bertz CT molecular complexity index is 702. The number of fused-ring (bicyclic) bond motifs is 3. The van der Waals surface area contributed by atoms with Gasteiger partial charge in [-0.25, -0.2) is 0 Å². The van der Waals surface area contributed by atoms with E-state index < -0.39 is 0 Å². The van der Waals surface area contributed by atoms with Crippen LogP contribution >= 0.6 is 0 Å². The van der Waals surface area contributed by atoms with Crippen molar-refractivity contribution in [2.24, 2.45) is 4.99 Å². The number of rotatable bonds is 1. The number of aliphatic imine (C=N–C) groups is 1. The molecular formula is C23H28N2. The highest BCUT2D eigenvalue weighted by Crippen LogP contribution is 2.43. The molecule has 2 aliphatic rings. The molecule has 0 spiro atoms. The minimum atomic E-state index is 0.247. The Morgan fingerprint density at radius 2 is 1.24 bits per heavy atom. The van der Waals surface area contributed by atoms with Crippen molar-refractivity contribution >= 4 is 5.84 Å². The Morgan fingerprint density at radius 1 is 0.680 bits per heavy atom. The lowest BCUT2D eigenvalue weighted by molar-refractivity contribution is 0.592. The van der Waals surface area contributed by atoms with Gasteiger partial charge in [-0.1, -0.05) is 80.6 Å². The van der Waals surface area contributed by atoms with E-state index in [1.165, 1.54) is 73.0 Å². The molecule has 0 bridgehead atoms. The van der Waals surface area contributed by atoms with Crippen LogP contribution in [0.2, 0.25) is 0 Å². The van der Waals surface area contributed by atoms with Crippen LogP contribution in [-0.4, -0.2) is 12.4 Å². The van der Waals surface area contributed by atoms with Crippen LogP contribution in [0.15, 0.2) is 53.5 Å². The van der Waals surface area contributed by atoms with E-state index in [1.807, 2.05) is 0 Å². The van der Waals surface area contributed by atoms with Gasteiger partial charge in [0.25, 0.3) is 0 Å². The Labute approximate surface area is 151 Å². The van der Waals surface area contributed by atoms with Gasteiger partial charge in [0.05, 0.1) is 11.9 Å². The van der Waals surface area contributed by atoms with E-state index in [2.05, 4.69) is 53.8 Å². The number of benzene rings is 2. The van der Waals surface area contributed by atoms with Crippen LogP contribution in [0.5, 0.6) is 0 Å². The van der Waals surface area contributed by atoms with Crippen molar-refractivity contribution in [2.45, 2.75) is 57.4 Å². The molecule has 0 radical (unpaired) electrons. The lowest BCUT2D eigenvalue weighted by Gasteiger charge is -2.19. The molecule has 2 aromatic rings. The molecule has 1 aliphatic heterocycles. The fourth-order valence-corrected chi connectivity index (χ4v) is 4.18. The molecule has 130 valence electrons. The summed E-state index contributed by atoms with van der Waals surface area (Å²) in [5, 5.41) is 3.82. The molecule has 2 heteroatoms. The molecule has 2 nitrogen and oxygen atoms in total. The average molecular weight is 332 g/mol. The van der Waals surface area contributed by atoms with E-state index in [4.69, 9.17) is 4.99 Å². The summed E-state index contributed by atoms with van der Waals surface area (Å²) in [6, 6.07) is 17.8.